The van der Waals surface area contributed by atoms with Crippen LogP contribution in [0.4, 0.5) is 0 Å². The van der Waals surface area contributed by atoms with Gasteiger partial charge in [-0.3, -0.25) is 0 Å². The number of aromatic nitrogens is 2. The van der Waals surface area contributed by atoms with E-state index in [1.165, 1.54) is 28.8 Å². The molecule has 51 heavy (non-hydrogen) atoms. The van der Waals surface area contributed by atoms with Crippen molar-refractivity contribution in [1.29, 1.82) is 0 Å². The maximum Gasteiger partial charge on any atom is 0.0652 e. The van der Waals surface area contributed by atoms with Crippen molar-refractivity contribution in [2.45, 2.75) is 0 Å². The molecule has 3 heterocycles. The molecule has 11 rings (SSSR count). The largest absolute Gasteiger partial charge is 0.309 e. The molecule has 3 aromatic heterocycles. The Labute approximate surface area is 328 Å². The van der Waals surface area contributed by atoms with E-state index in [9.17, 15) is 12.3 Å². The SMILES string of the molecule is [2H]c1cccc(-c2c([2H])c([2H])c([2H])c3sc4c([2H])c([2H])cc(-n5c6c([2H])c([2H])c([2H])c([2H])c6c6c([2H])c(-c7c([2H])c([2H])c8c9c([2H])c([2H])c([2H])c([2H])c9n(-c9ccccc9)c8c7[2H])c([2H])c([2H])c65)c4c23)c1[2H]. The summed E-state index contributed by atoms with van der Waals surface area (Å²) >= 11 is 0.828. The fourth-order valence-corrected chi connectivity index (χ4v) is 7.81. The van der Waals surface area contributed by atoms with E-state index in [2.05, 4.69) is 0 Å². The number of hydrogen-bond acceptors (Lipinski definition) is 1. The van der Waals surface area contributed by atoms with Crippen molar-refractivity contribution in [2.75, 3.05) is 0 Å². The first kappa shape index (κ1) is 14.8. The van der Waals surface area contributed by atoms with Crippen LogP contribution in [0.2, 0.25) is 0 Å². The summed E-state index contributed by atoms with van der Waals surface area (Å²) in [4.78, 5) is 0. The fraction of sp³-hybridized carbons (Fsp3) is 0. The van der Waals surface area contributed by atoms with Crippen LogP contribution in [0.1, 0.15) is 28.8 Å². The van der Waals surface area contributed by atoms with Crippen LogP contribution >= 0.6 is 11.3 Å². The van der Waals surface area contributed by atoms with Crippen LogP contribution in [0, 0.1) is 0 Å². The van der Waals surface area contributed by atoms with Gasteiger partial charge in [0.2, 0.25) is 0 Å². The molecule has 2 nitrogen and oxygen atoms in total. The van der Waals surface area contributed by atoms with Gasteiger partial charge >= 0.3 is 0 Å². The van der Waals surface area contributed by atoms with Crippen molar-refractivity contribution in [2.24, 2.45) is 0 Å². The van der Waals surface area contributed by atoms with Crippen molar-refractivity contribution < 1.29 is 28.8 Å². The molecule has 0 atom stereocenters. The van der Waals surface area contributed by atoms with E-state index in [0.717, 1.165) is 15.9 Å². The van der Waals surface area contributed by atoms with Crippen LogP contribution in [-0.4, -0.2) is 9.13 Å². The third-order valence-electron chi connectivity index (χ3n) is 8.91. The van der Waals surface area contributed by atoms with Gasteiger partial charge in [0.15, 0.2) is 0 Å². The molecule has 0 bridgehead atoms. The maximum absolute atomic E-state index is 10.0. The van der Waals surface area contributed by atoms with Crippen molar-refractivity contribution in [3.05, 3.63) is 181 Å². The van der Waals surface area contributed by atoms with Crippen LogP contribution in [0.5, 0.6) is 0 Å². The Morgan fingerprint density at radius 2 is 1.10 bits per heavy atom. The molecule has 0 unspecified atom stereocenters. The first-order valence-electron chi connectivity index (χ1n) is 26.2. The Morgan fingerprint density at radius 1 is 0.412 bits per heavy atom. The third kappa shape index (κ3) is 4.22. The van der Waals surface area contributed by atoms with Gasteiger partial charge in [0.25, 0.3) is 0 Å². The van der Waals surface area contributed by atoms with E-state index in [-0.39, 0.29) is 98.7 Å². The number of nitrogens with zero attached hydrogens (tertiary/aromatic N) is 2. The summed E-state index contributed by atoms with van der Waals surface area (Å²) in [5, 5.41) is -1.04. The van der Waals surface area contributed by atoms with Gasteiger partial charge in [0.05, 0.1) is 56.5 Å². The van der Waals surface area contributed by atoms with Gasteiger partial charge in [-0.25, -0.2) is 0 Å². The molecule has 0 fully saturated rings. The van der Waals surface area contributed by atoms with Gasteiger partial charge in [0.1, 0.15) is 0 Å². The van der Waals surface area contributed by atoms with Gasteiger partial charge in [0, 0.05) is 47.4 Å². The topological polar surface area (TPSA) is 9.86 Å². The van der Waals surface area contributed by atoms with E-state index in [4.69, 9.17) is 16.4 Å². The smallest absolute Gasteiger partial charge is 0.0652 e. The quantitative estimate of drug-likeness (QED) is 0.174. The molecule has 0 aliphatic carbocycles. The molecule has 0 radical (unpaired) electrons. The molecule has 0 aliphatic heterocycles. The van der Waals surface area contributed by atoms with Gasteiger partial charge < -0.3 is 9.13 Å². The molecule has 238 valence electrons. The normalized spacial score (nSPS) is 17.7. The lowest BCUT2D eigenvalue weighted by Gasteiger charge is -2.12. The van der Waals surface area contributed by atoms with Crippen molar-refractivity contribution in [1.82, 2.24) is 9.13 Å². The number of thiophene rings is 1. The zero-order chi connectivity index (χ0) is 51.7. The second-order valence-electron chi connectivity index (χ2n) is 11.7. The first-order valence-corrected chi connectivity index (χ1v) is 16.5. The highest BCUT2D eigenvalue weighted by atomic mass is 32.1. The number of para-hydroxylation sites is 3. The summed E-state index contributed by atoms with van der Waals surface area (Å²) in [5.41, 5.74) is -2.05. The lowest BCUT2D eigenvalue weighted by molar-refractivity contribution is 1.18. The highest BCUT2D eigenvalue weighted by molar-refractivity contribution is 7.26. The summed E-state index contributed by atoms with van der Waals surface area (Å²) in [6, 6.07) is 1.34. The van der Waals surface area contributed by atoms with E-state index in [1.807, 2.05) is 0 Å². The van der Waals surface area contributed by atoms with Crippen molar-refractivity contribution >= 4 is 75.1 Å². The second-order valence-corrected chi connectivity index (χ2v) is 12.7. The summed E-state index contributed by atoms with van der Waals surface area (Å²) in [5.74, 6) is 0. The minimum atomic E-state index is -0.804. The molecule has 11 aromatic rings. The van der Waals surface area contributed by atoms with Crippen LogP contribution < -0.4 is 0 Å². The fourth-order valence-electron chi connectivity index (χ4n) is 6.78. The standard InChI is InChI=1S/C48H30N2S/c1-3-13-31(14-4-1)35-19-11-23-45-47(35)48-43(22-12-24-46(48)51-45)50-41-21-10-8-18-37(41)39-29-32(26-28-42(39)50)33-25-27-38-36-17-7-9-20-40(36)49(44(38)30-33)34-15-5-2-6-16-34/h1-30H/i3D,7D,8D,9D,10D,11D,12D,13D,17D,18D,19D,20D,21D,23D,24D,25D,26D,27D,28D,29D,30D. The highest BCUT2D eigenvalue weighted by Crippen LogP contribution is 2.45. The lowest BCUT2D eigenvalue weighted by Crippen LogP contribution is -1.95. The second kappa shape index (κ2) is 11.0. The summed E-state index contributed by atoms with van der Waals surface area (Å²) in [6.45, 7) is 0. The van der Waals surface area contributed by atoms with Crippen LogP contribution in [-0.2, 0) is 0 Å². The minimum Gasteiger partial charge on any atom is -0.309 e. The van der Waals surface area contributed by atoms with Crippen LogP contribution in [0.15, 0.2) is 181 Å². The van der Waals surface area contributed by atoms with Crippen LogP contribution in [0.25, 0.3) is 97.4 Å². The molecular weight excluding hydrogens is 637 g/mol. The monoisotopic (exact) mass is 687 g/mol. The summed E-state index contributed by atoms with van der Waals surface area (Å²) in [6.07, 6.45) is 0. The molecule has 8 aromatic carbocycles. The maximum atomic E-state index is 10.0. The Hall–Kier alpha value is -6.42. The van der Waals surface area contributed by atoms with Gasteiger partial charge in [-0.1, -0.05) is 121 Å². The molecule has 0 N–H and O–H groups in total. The number of fused-ring (bicyclic) bond motifs is 9. The van der Waals surface area contributed by atoms with E-state index >= 15 is 0 Å². The van der Waals surface area contributed by atoms with Crippen LogP contribution in [0.3, 0.4) is 0 Å². The molecule has 0 amide bonds. The zero-order valence-corrected chi connectivity index (χ0v) is 26.8. The Balaban J connectivity index is 1.36. The van der Waals surface area contributed by atoms with E-state index in [0.29, 0.717) is 5.69 Å². The highest BCUT2D eigenvalue weighted by Gasteiger charge is 2.20. The number of hydrogen-bond donors (Lipinski definition) is 0. The molecular formula is C48H30N2S. The van der Waals surface area contributed by atoms with E-state index in [1.54, 1.807) is 30.3 Å². The molecule has 0 saturated carbocycles. The summed E-state index contributed by atoms with van der Waals surface area (Å²) < 4.78 is 195. The number of rotatable bonds is 4. The lowest BCUT2D eigenvalue weighted by atomic mass is 9.99. The predicted octanol–water partition coefficient (Wildman–Crippen LogP) is 13.6. The van der Waals surface area contributed by atoms with Crippen molar-refractivity contribution in [3.8, 4) is 33.6 Å². The third-order valence-corrected chi connectivity index (χ3v) is 9.93. The molecule has 0 saturated heterocycles. The first-order chi connectivity index (χ1) is 34.1. The Kier molecular flexibility index (Phi) is 3.21. The Morgan fingerprint density at radius 3 is 1.98 bits per heavy atom. The van der Waals surface area contributed by atoms with Gasteiger partial charge in [-0.2, -0.15) is 0 Å². The number of benzene rings is 8. The minimum absolute atomic E-state index is 0.00432. The van der Waals surface area contributed by atoms with E-state index < -0.39 is 120 Å². The average Bonchev–Trinajstić information content (AvgIpc) is 4.06. The van der Waals surface area contributed by atoms with Gasteiger partial charge in [-0.05, 0) is 82.7 Å². The molecule has 0 spiro atoms. The predicted molar refractivity (Wildman–Crippen MR) is 219 cm³/mol. The van der Waals surface area contributed by atoms with Gasteiger partial charge in [-0.15, -0.1) is 11.3 Å². The molecule has 3 heteroatoms. The molecule has 0 aliphatic rings. The Bertz CT molecular complexity index is 4350. The zero-order valence-electron chi connectivity index (χ0n) is 47.0. The van der Waals surface area contributed by atoms with Crippen molar-refractivity contribution in [3.63, 3.8) is 0 Å². The summed E-state index contributed by atoms with van der Waals surface area (Å²) in [7, 11) is 0. The average molecular weight is 688 g/mol.